The second kappa shape index (κ2) is 33.8. The number of azo groups is 2. The molecular weight excluding hydrogens is 1360 g/mol. The number of hydrogen-bond acceptors (Lipinski definition) is 30. The number of Topliss-reactive ketones (excluding diaryl/α,β-unsaturated/α-hetero) is 2. The molecule has 4 aromatic carbocycles. The Morgan fingerprint density at radius 2 is 0.939 bits per heavy atom. The van der Waals surface area contributed by atoms with E-state index in [1.54, 1.807) is 17.0 Å². The molecule has 2 fully saturated rings. The van der Waals surface area contributed by atoms with Gasteiger partial charge in [-0.1, -0.05) is 34.8 Å². The van der Waals surface area contributed by atoms with Gasteiger partial charge in [-0.25, -0.2) is 0 Å². The van der Waals surface area contributed by atoms with Gasteiger partial charge in [0.15, 0.2) is 11.6 Å². The molecule has 2 saturated heterocycles. The van der Waals surface area contributed by atoms with Gasteiger partial charge < -0.3 is 65.5 Å². The van der Waals surface area contributed by atoms with Crippen molar-refractivity contribution < 1.29 is 64.8 Å². The van der Waals surface area contributed by atoms with E-state index in [1.165, 1.54) is 50.3 Å². The van der Waals surface area contributed by atoms with Gasteiger partial charge in [0.1, 0.15) is 23.0 Å². The highest BCUT2D eigenvalue weighted by Crippen LogP contribution is 2.41. The molecule has 5 heterocycles. The summed E-state index contributed by atoms with van der Waals surface area (Å²) in [6.45, 7) is 15.5. The normalized spacial score (nSPS) is 14.0. The second-order valence-corrected chi connectivity index (χ2v) is 26.7. The number of carbonyl (C=O) groups excluding carboxylic acids is 4. The first kappa shape index (κ1) is 73.6. The zero-order chi connectivity index (χ0) is 71.0. The van der Waals surface area contributed by atoms with E-state index in [9.17, 15) is 55.3 Å². The van der Waals surface area contributed by atoms with Gasteiger partial charge in [0.2, 0.25) is 28.1 Å². The lowest BCUT2D eigenvalue weighted by molar-refractivity contribution is -0.120. The summed E-state index contributed by atoms with van der Waals surface area (Å²) in [4.78, 5) is 87.6. The number of benzene rings is 4. The number of amides is 2. The summed E-state index contributed by atoms with van der Waals surface area (Å²) in [6, 6.07) is 20.8. The van der Waals surface area contributed by atoms with Gasteiger partial charge in [-0.05, 0) is 126 Å². The Labute approximate surface area is 578 Å². The first-order valence-corrected chi connectivity index (χ1v) is 35.8. The Morgan fingerprint density at radius 3 is 1.29 bits per heavy atom. The van der Waals surface area contributed by atoms with E-state index >= 15 is 0 Å². The fourth-order valence-corrected chi connectivity index (χ4v) is 13.0. The fourth-order valence-electron chi connectivity index (χ4n) is 10.3. The van der Waals surface area contributed by atoms with Gasteiger partial charge in [0.25, 0.3) is 32.1 Å². The topological polar surface area (TPSA) is 414 Å². The van der Waals surface area contributed by atoms with Crippen LogP contribution >= 0.6 is 22.7 Å². The molecule has 0 aliphatic carbocycles. The molecule has 524 valence electrons. The largest absolute Gasteiger partial charge is 0.395 e. The summed E-state index contributed by atoms with van der Waals surface area (Å²) in [7, 11) is -9.22. The predicted octanol–water partition coefficient (Wildman–Crippen LogP) is 8.97. The third-order valence-corrected chi connectivity index (χ3v) is 18.7. The monoisotopic (exact) mass is 1430 g/mol. The van der Waals surface area contributed by atoms with Crippen LogP contribution in [0.25, 0.3) is 12.2 Å². The van der Waals surface area contributed by atoms with Crippen LogP contribution in [0.15, 0.2) is 126 Å². The number of rotatable bonds is 31. The Kier molecular flexibility index (Phi) is 25.1. The van der Waals surface area contributed by atoms with Crippen molar-refractivity contribution >= 4 is 164 Å². The number of nitrogens with zero attached hydrogens (tertiary/aromatic N) is 14. The van der Waals surface area contributed by atoms with E-state index in [0.29, 0.717) is 112 Å². The number of carbonyl (C=O) groups is 4. The zero-order valence-electron chi connectivity index (χ0n) is 54.8. The number of hydrogen-bond donors (Lipinski definition) is 8. The zero-order valence-corrected chi connectivity index (χ0v) is 58.1. The Morgan fingerprint density at radius 1 is 0.545 bits per heavy atom. The number of ketones is 2. The highest BCUT2D eigenvalue weighted by Gasteiger charge is 2.27. The van der Waals surface area contributed by atoms with Gasteiger partial charge in [0.05, 0.1) is 81.7 Å². The molecule has 0 saturated carbocycles. The number of anilines is 11. The van der Waals surface area contributed by atoms with Crippen LogP contribution in [0, 0.1) is 0 Å². The lowest BCUT2D eigenvalue weighted by Gasteiger charge is -2.27. The maximum atomic E-state index is 13.8. The summed E-state index contributed by atoms with van der Waals surface area (Å²) in [5.41, 5.74) is 2.36. The minimum atomic E-state index is -4.61. The smallest absolute Gasteiger partial charge is 0.294 e. The van der Waals surface area contributed by atoms with Crippen LogP contribution in [0.2, 0.25) is 0 Å². The number of aromatic nitrogens is 5. The van der Waals surface area contributed by atoms with Crippen LogP contribution in [0.5, 0.6) is 0 Å². The van der Waals surface area contributed by atoms with Crippen LogP contribution < -0.4 is 45.8 Å². The van der Waals surface area contributed by atoms with Crippen LogP contribution in [0.1, 0.15) is 51.3 Å². The minimum absolute atomic E-state index is 0.0107. The van der Waals surface area contributed by atoms with E-state index < -0.39 is 53.4 Å². The molecule has 7 aromatic rings. The summed E-state index contributed by atoms with van der Waals surface area (Å²) >= 11 is 2.10. The SMILES string of the molecule is CCN(CC)c1ccc(/N=N/c2nc(N3CCOCC3)c(C=C(C(C)=O)C(=O)Nc3cccc(S(=O)(=O)O)c3)s2)c(Nc2nc(Nc3cc(N(CC)CC)ccc3/N=N/c3nc(N4CCOCC4)c(/C=C(\C(C)=O)C(=O)Nc4cccc(S(=O)(=O)O)c4)s3)nc(N(CCO)CCO)n2)c1. The van der Waals surface area contributed by atoms with Gasteiger partial charge in [-0.3, -0.25) is 28.3 Å². The van der Waals surface area contributed by atoms with Crippen molar-refractivity contribution in [1.29, 1.82) is 0 Å². The van der Waals surface area contributed by atoms with E-state index in [1.807, 2.05) is 61.8 Å². The molecule has 0 spiro atoms. The molecule has 8 N–H and O–H groups in total. The van der Waals surface area contributed by atoms with Crippen molar-refractivity contribution in [3.63, 3.8) is 0 Å². The molecule has 2 aliphatic rings. The van der Waals surface area contributed by atoms with Crippen molar-refractivity contribution in [3.8, 4) is 0 Å². The highest BCUT2D eigenvalue weighted by molar-refractivity contribution is 7.86. The van der Waals surface area contributed by atoms with Gasteiger partial charge in [-0.15, -0.1) is 20.5 Å². The molecule has 0 radical (unpaired) electrons. The van der Waals surface area contributed by atoms with Crippen molar-refractivity contribution in [3.05, 3.63) is 106 Å². The second-order valence-electron chi connectivity index (χ2n) is 21.8. The molecule has 3 aromatic heterocycles. The number of morpholine rings is 2. The molecule has 2 amide bonds. The highest BCUT2D eigenvalue weighted by atomic mass is 32.2. The van der Waals surface area contributed by atoms with Gasteiger partial charge >= 0.3 is 0 Å². The molecule has 2 aliphatic heterocycles. The molecule has 0 bridgehead atoms. The lowest BCUT2D eigenvalue weighted by Crippen LogP contribution is -2.36. The molecule has 32 nitrogen and oxygen atoms in total. The van der Waals surface area contributed by atoms with Gasteiger partial charge in [0, 0.05) is 88.2 Å². The molecule has 36 heteroatoms. The quantitative estimate of drug-likeness (QED) is 0.00660. The summed E-state index contributed by atoms with van der Waals surface area (Å²) in [5.74, 6) is -2.10. The minimum Gasteiger partial charge on any atom is -0.395 e. The first-order valence-electron chi connectivity index (χ1n) is 31.3. The number of thiazole rings is 2. The van der Waals surface area contributed by atoms with E-state index in [2.05, 4.69) is 41.3 Å². The molecule has 99 heavy (non-hydrogen) atoms. The third kappa shape index (κ3) is 19.4. The summed E-state index contributed by atoms with van der Waals surface area (Å²) < 4.78 is 78.1. The summed E-state index contributed by atoms with van der Waals surface area (Å²) in [5, 5.41) is 51.2. The van der Waals surface area contributed by atoms with Crippen LogP contribution in [0.4, 0.5) is 85.2 Å². The number of aliphatic hydroxyl groups excluding tert-OH is 2. The van der Waals surface area contributed by atoms with Crippen LogP contribution in [0.3, 0.4) is 0 Å². The molecule has 9 rings (SSSR count). The van der Waals surface area contributed by atoms with Crippen molar-refractivity contribution in [1.82, 2.24) is 24.9 Å². The van der Waals surface area contributed by atoms with Crippen molar-refractivity contribution in [2.75, 3.05) is 151 Å². The average Bonchev–Trinajstić information content (AvgIpc) is 1.68. The summed E-state index contributed by atoms with van der Waals surface area (Å²) in [6.07, 6.45) is 2.76. The first-order chi connectivity index (χ1) is 47.5. The molecule has 0 unspecified atom stereocenters. The number of aliphatic hydroxyl groups is 2. The van der Waals surface area contributed by atoms with E-state index in [4.69, 9.17) is 44.6 Å². The maximum absolute atomic E-state index is 13.8. The Balaban J connectivity index is 1.09. The standard InChI is InChI=1S/C63H74N18O14S4/c1-7-77(8-2)43-17-19-49(73-75-62-68-55(79-23-29-94-30-24-79)53(96-62)37-47(39(5)84)57(86)64-41-13-11-15-45(33-41)98(88,89)90)51(35-43)66-59-70-60(72-61(71-59)81(21-27-82)22-28-83)67-52-36-44(78(9-3)10-4)18-20-50(52)74-76-63-69-56(80-25-31-95-32-26-80)54(97-63)38-48(40(6)85)58(87)65-42-14-12-16-46(34-42)99(91,92)93/h11-20,33-38,82-83H,7-10,21-32H2,1-6H3,(H,64,86)(H,65,87)(H,88,89,90)(H,91,92,93)(H2,66,67,70,71,72)/b47-37+,48-38?,75-73+,76-74+. The van der Waals surface area contributed by atoms with Crippen LogP contribution in [-0.4, -0.2) is 190 Å². The fraction of sp³-hybridized carbons (Fsp3) is 0.349. The van der Waals surface area contributed by atoms with Gasteiger partial charge in [-0.2, -0.15) is 41.8 Å². The third-order valence-electron chi connectivity index (χ3n) is 15.3. The lowest BCUT2D eigenvalue weighted by atomic mass is 10.1. The molecule has 0 atom stereocenters. The van der Waals surface area contributed by atoms with Crippen molar-refractivity contribution in [2.24, 2.45) is 20.5 Å². The number of nitrogens with one attached hydrogen (secondary N) is 4. The maximum Gasteiger partial charge on any atom is 0.294 e. The molecular formula is C63H74N18O14S4. The van der Waals surface area contributed by atoms with Crippen molar-refractivity contribution in [2.45, 2.75) is 51.3 Å². The Hall–Kier alpha value is -9.63. The van der Waals surface area contributed by atoms with Crippen LogP contribution in [-0.2, 0) is 48.9 Å². The Bertz CT molecular complexity index is 4180. The van der Waals surface area contributed by atoms with E-state index in [0.717, 1.165) is 58.3 Å². The predicted molar refractivity (Wildman–Crippen MR) is 379 cm³/mol. The van der Waals surface area contributed by atoms with E-state index in [-0.39, 0.29) is 88.3 Å². The average molecular weight is 1440 g/mol. The number of ether oxygens (including phenoxy) is 2.